The van der Waals surface area contributed by atoms with Crippen LogP contribution in [0, 0.1) is 5.82 Å². The number of barbiturate groups is 1. The summed E-state index contributed by atoms with van der Waals surface area (Å²) in [6, 6.07) is 10.3. The lowest BCUT2D eigenvalue weighted by Crippen LogP contribution is -2.52. The summed E-state index contributed by atoms with van der Waals surface area (Å²) >= 11 is 0. The van der Waals surface area contributed by atoms with Gasteiger partial charge in [0.05, 0.1) is 6.61 Å². The van der Waals surface area contributed by atoms with Gasteiger partial charge in [-0.25, -0.2) is 9.18 Å². The van der Waals surface area contributed by atoms with Crippen LogP contribution in [0.3, 0.4) is 0 Å². The lowest BCUT2D eigenvalue weighted by Gasteiger charge is -2.28. The highest BCUT2D eigenvalue weighted by atomic mass is 19.1. The Kier molecular flexibility index (Phi) is 6.15. The van der Waals surface area contributed by atoms with Crippen molar-refractivity contribution >= 4 is 23.9 Å². The summed E-state index contributed by atoms with van der Waals surface area (Å²) in [5.41, 5.74) is 1.21. The van der Waals surface area contributed by atoms with Crippen LogP contribution < -0.4 is 9.47 Å². The van der Waals surface area contributed by atoms with E-state index in [0.717, 1.165) is 15.4 Å². The minimum atomic E-state index is -0.679. The van der Waals surface area contributed by atoms with Crippen LogP contribution in [0.4, 0.5) is 9.18 Å². The van der Waals surface area contributed by atoms with Crippen LogP contribution in [0.15, 0.2) is 48.0 Å². The molecule has 0 spiro atoms. The lowest BCUT2D eigenvalue weighted by atomic mass is 10.1. The molecule has 0 atom stereocenters. The van der Waals surface area contributed by atoms with Gasteiger partial charge in [0.25, 0.3) is 11.8 Å². The maximum absolute atomic E-state index is 13.0. The number of imide groups is 2. The van der Waals surface area contributed by atoms with Crippen LogP contribution in [0.2, 0.25) is 0 Å². The summed E-state index contributed by atoms with van der Waals surface area (Å²) < 4.78 is 24.5. The van der Waals surface area contributed by atoms with Gasteiger partial charge in [-0.1, -0.05) is 18.2 Å². The molecule has 1 aliphatic heterocycles. The van der Waals surface area contributed by atoms with Gasteiger partial charge in [-0.15, -0.1) is 0 Å². The van der Waals surface area contributed by atoms with Gasteiger partial charge in [0, 0.05) is 14.1 Å². The molecule has 1 aliphatic rings. The Balaban J connectivity index is 1.86. The fourth-order valence-corrected chi connectivity index (χ4v) is 2.89. The number of amides is 4. The number of hydrogen-bond donors (Lipinski definition) is 0. The van der Waals surface area contributed by atoms with Gasteiger partial charge in [-0.2, -0.15) is 0 Å². The molecular weight excluding hydrogens is 391 g/mol. The molecule has 4 amide bonds. The van der Waals surface area contributed by atoms with E-state index in [0.29, 0.717) is 23.7 Å². The summed E-state index contributed by atoms with van der Waals surface area (Å²) in [5, 5.41) is 0. The number of halogens is 1. The first-order valence-corrected chi connectivity index (χ1v) is 9.27. The third kappa shape index (κ3) is 4.32. The normalized spacial score (nSPS) is 14.3. The van der Waals surface area contributed by atoms with E-state index < -0.39 is 17.8 Å². The first-order chi connectivity index (χ1) is 14.3. The largest absolute Gasteiger partial charge is 0.490 e. The van der Waals surface area contributed by atoms with Gasteiger partial charge in [0.2, 0.25) is 0 Å². The number of hydrogen-bond acceptors (Lipinski definition) is 5. The van der Waals surface area contributed by atoms with Gasteiger partial charge < -0.3 is 9.47 Å². The van der Waals surface area contributed by atoms with Crippen LogP contribution in [0.5, 0.6) is 11.5 Å². The van der Waals surface area contributed by atoms with Crippen molar-refractivity contribution in [1.29, 1.82) is 0 Å². The average Bonchev–Trinajstić information content (AvgIpc) is 2.74. The van der Waals surface area contributed by atoms with E-state index in [9.17, 15) is 18.8 Å². The molecular formula is C22H21FN2O5. The number of urea groups is 1. The minimum Gasteiger partial charge on any atom is -0.490 e. The van der Waals surface area contributed by atoms with Crippen molar-refractivity contribution in [3.05, 3.63) is 65.0 Å². The van der Waals surface area contributed by atoms with Crippen molar-refractivity contribution in [3.8, 4) is 11.5 Å². The molecule has 0 radical (unpaired) electrons. The predicted octanol–water partition coefficient (Wildman–Crippen LogP) is 3.24. The van der Waals surface area contributed by atoms with E-state index in [1.165, 1.54) is 32.3 Å². The Morgan fingerprint density at radius 2 is 1.53 bits per heavy atom. The highest BCUT2D eigenvalue weighted by Gasteiger charge is 2.37. The molecule has 2 aromatic carbocycles. The number of nitrogens with zero attached hydrogens (tertiary/aromatic N) is 2. The number of rotatable bonds is 6. The summed E-state index contributed by atoms with van der Waals surface area (Å²) in [5.74, 6) is -0.761. The molecule has 0 unspecified atom stereocenters. The van der Waals surface area contributed by atoms with E-state index in [4.69, 9.17) is 9.47 Å². The number of benzene rings is 2. The van der Waals surface area contributed by atoms with Crippen LogP contribution in [-0.4, -0.2) is 48.3 Å². The van der Waals surface area contributed by atoms with Gasteiger partial charge in [0.1, 0.15) is 18.0 Å². The molecule has 0 aliphatic carbocycles. The highest BCUT2D eigenvalue weighted by molar-refractivity contribution is 6.30. The molecule has 7 nitrogen and oxygen atoms in total. The van der Waals surface area contributed by atoms with Crippen molar-refractivity contribution < 1.29 is 28.2 Å². The Morgan fingerprint density at radius 1 is 0.900 bits per heavy atom. The molecule has 156 valence electrons. The third-order valence-corrected chi connectivity index (χ3v) is 4.53. The number of ether oxygens (including phenoxy) is 2. The molecule has 30 heavy (non-hydrogen) atoms. The molecule has 0 N–H and O–H groups in total. The Labute approximate surface area is 173 Å². The zero-order valence-corrected chi connectivity index (χ0v) is 16.8. The molecule has 1 heterocycles. The summed E-state index contributed by atoms with van der Waals surface area (Å²) in [6.07, 6.45) is 1.41. The zero-order chi connectivity index (χ0) is 21.8. The van der Waals surface area contributed by atoms with Gasteiger partial charge in [-0.05, 0) is 48.4 Å². The van der Waals surface area contributed by atoms with Gasteiger partial charge in [0.15, 0.2) is 11.5 Å². The SMILES string of the molecule is CCOc1cc(C=C2C(=O)N(C)C(=O)N(C)C2=O)ccc1OCc1ccc(F)cc1. The quantitative estimate of drug-likeness (QED) is 0.538. The fraction of sp³-hybridized carbons (Fsp3) is 0.227. The average molecular weight is 412 g/mol. The Bertz CT molecular complexity index is 991. The zero-order valence-electron chi connectivity index (χ0n) is 16.8. The van der Waals surface area contributed by atoms with E-state index in [1.807, 2.05) is 6.92 Å². The van der Waals surface area contributed by atoms with Crippen LogP contribution in [-0.2, 0) is 16.2 Å². The topological polar surface area (TPSA) is 76.2 Å². The Morgan fingerprint density at radius 3 is 2.13 bits per heavy atom. The van der Waals surface area contributed by atoms with E-state index in [-0.39, 0.29) is 18.0 Å². The molecule has 2 aromatic rings. The smallest absolute Gasteiger partial charge is 0.333 e. The molecule has 8 heteroatoms. The standard InChI is InChI=1S/C22H21FN2O5/c1-4-29-19-12-15(11-17-20(26)24(2)22(28)25(3)21(17)27)7-10-18(19)30-13-14-5-8-16(23)9-6-14/h5-12H,4,13H2,1-3H3. The molecule has 0 aromatic heterocycles. The molecule has 0 bridgehead atoms. The van der Waals surface area contributed by atoms with Gasteiger partial charge >= 0.3 is 6.03 Å². The molecule has 0 saturated carbocycles. The van der Waals surface area contributed by atoms with Crippen LogP contribution in [0.25, 0.3) is 6.08 Å². The molecule has 3 rings (SSSR count). The maximum atomic E-state index is 13.0. The first kappa shape index (κ1) is 21.0. The molecule has 1 fully saturated rings. The maximum Gasteiger partial charge on any atom is 0.333 e. The monoisotopic (exact) mass is 412 g/mol. The minimum absolute atomic E-state index is 0.123. The predicted molar refractivity (Wildman–Crippen MR) is 107 cm³/mol. The summed E-state index contributed by atoms with van der Waals surface area (Å²) in [6.45, 7) is 2.42. The second-order valence-corrected chi connectivity index (χ2v) is 6.62. The van der Waals surface area contributed by atoms with E-state index >= 15 is 0 Å². The highest BCUT2D eigenvalue weighted by Crippen LogP contribution is 2.31. The van der Waals surface area contributed by atoms with Crippen molar-refractivity contribution in [1.82, 2.24) is 9.80 Å². The van der Waals surface area contributed by atoms with Crippen molar-refractivity contribution in [2.45, 2.75) is 13.5 Å². The lowest BCUT2D eigenvalue weighted by molar-refractivity contribution is -0.134. The third-order valence-electron chi connectivity index (χ3n) is 4.53. The second-order valence-electron chi connectivity index (χ2n) is 6.62. The van der Waals surface area contributed by atoms with Crippen LogP contribution >= 0.6 is 0 Å². The summed E-state index contributed by atoms with van der Waals surface area (Å²) in [7, 11) is 2.64. The first-order valence-electron chi connectivity index (χ1n) is 9.27. The number of carbonyl (C=O) groups is 3. The fourth-order valence-electron chi connectivity index (χ4n) is 2.89. The molecule has 1 saturated heterocycles. The van der Waals surface area contributed by atoms with Crippen molar-refractivity contribution in [2.75, 3.05) is 20.7 Å². The van der Waals surface area contributed by atoms with Crippen molar-refractivity contribution in [2.24, 2.45) is 0 Å². The van der Waals surface area contributed by atoms with Gasteiger partial charge in [-0.3, -0.25) is 19.4 Å². The second kappa shape index (κ2) is 8.77. The number of carbonyl (C=O) groups excluding carboxylic acids is 3. The van der Waals surface area contributed by atoms with Crippen molar-refractivity contribution in [3.63, 3.8) is 0 Å². The Hall–Kier alpha value is -3.68. The summed E-state index contributed by atoms with van der Waals surface area (Å²) in [4.78, 5) is 38.4. The number of likely N-dealkylation sites (N-methyl/N-ethyl adjacent to an activating group) is 2. The van der Waals surface area contributed by atoms with Crippen LogP contribution in [0.1, 0.15) is 18.1 Å². The van der Waals surface area contributed by atoms with E-state index in [1.54, 1.807) is 30.3 Å². The van der Waals surface area contributed by atoms with E-state index in [2.05, 4.69) is 0 Å².